The fraction of sp³-hybridized carbons (Fsp3) is 0.240. The van der Waals surface area contributed by atoms with E-state index in [0.29, 0.717) is 59.1 Å². The number of carboxylic acids is 1. The first kappa shape index (κ1) is 47.7. The average Bonchev–Trinajstić information content (AvgIpc) is 4.11. The zero-order chi connectivity index (χ0) is 48.7. The van der Waals surface area contributed by atoms with Gasteiger partial charge in [0.25, 0.3) is 5.91 Å². The molecule has 8 rings (SSSR count). The van der Waals surface area contributed by atoms with Gasteiger partial charge in [0.05, 0.1) is 28.9 Å². The summed E-state index contributed by atoms with van der Waals surface area (Å²) in [6.07, 6.45) is -3.70. The van der Waals surface area contributed by atoms with Gasteiger partial charge < -0.3 is 29.0 Å². The number of tetrazole rings is 1. The predicted octanol–water partition coefficient (Wildman–Crippen LogP) is 9.96. The number of aliphatic carboxylic acids is 1. The fourth-order valence-electron chi connectivity index (χ4n) is 7.81. The summed E-state index contributed by atoms with van der Waals surface area (Å²) in [5.41, 5.74) is 5.58. The van der Waals surface area contributed by atoms with Gasteiger partial charge >= 0.3 is 18.1 Å². The monoisotopic (exact) mass is 957 g/mol. The number of amides is 1. The van der Waals surface area contributed by atoms with Gasteiger partial charge in [-0.15, -0.1) is 22.0 Å². The Morgan fingerprint density at radius 3 is 2.33 bits per heavy atom. The number of carboxylic acid groups (broad SMARTS) is 1. The van der Waals surface area contributed by atoms with Gasteiger partial charge in [-0.2, -0.15) is 18.4 Å². The van der Waals surface area contributed by atoms with Crippen molar-refractivity contribution in [3.05, 3.63) is 161 Å². The van der Waals surface area contributed by atoms with E-state index >= 15 is 0 Å². The van der Waals surface area contributed by atoms with Crippen molar-refractivity contribution in [2.45, 2.75) is 69.6 Å². The van der Waals surface area contributed by atoms with Crippen molar-refractivity contribution in [2.75, 3.05) is 13.2 Å². The highest BCUT2D eigenvalue weighted by Crippen LogP contribution is 2.33. The number of hydrogen-bond donors (Lipinski definition) is 3. The summed E-state index contributed by atoms with van der Waals surface area (Å²) in [4.78, 5) is 53.5. The number of carbonyl (C=O) groups excluding carboxylic acids is 2. The van der Waals surface area contributed by atoms with E-state index in [1.165, 1.54) is 17.8 Å². The Labute approximate surface area is 398 Å². The van der Waals surface area contributed by atoms with Crippen LogP contribution in [0.4, 0.5) is 13.2 Å². The van der Waals surface area contributed by atoms with Crippen LogP contribution in [0.1, 0.15) is 88.2 Å². The van der Waals surface area contributed by atoms with Gasteiger partial charge in [0, 0.05) is 41.3 Å². The predicted molar refractivity (Wildman–Crippen MR) is 251 cm³/mol. The number of imidazole rings is 2. The number of halogens is 3. The molecule has 5 aromatic carbocycles. The second-order valence-electron chi connectivity index (χ2n) is 16.0. The molecule has 1 unspecified atom stereocenters. The Morgan fingerprint density at radius 1 is 0.884 bits per heavy atom. The van der Waals surface area contributed by atoms with Crippen LogP contribution in [0.2, 0.25) is 0 Å². The van der Waals surface area contributed by atoms with E-state index in [1.807, 2.05) is 78.2 Å². The lowest BCUT2D eigenvalue weighted by Gasteiger charge is -2.22. The number of aromatic amines is 2. The summed E-state index contributed by atoms with van der Waals surface area (Å²) in [7, 11) is 0. The number of nitrogens with one attached hydrogen (secondary N) is 2. The lowest BCUT2D eigenvalue weighted by Crippen LogP contribution is -2.35. The van der Waals surface area contributed by atoms with Crippen molar-refractivity contribution >= 4 is 40.6 Å². The number of esters is 1. The molecule has 15 nitrogen and oxygen atoms in total. The topological polar surface area (TPSA) is 194 Å². The van der Waals surface area contributed by atoms with Crippen molar-refractivity contribution in [3.63, 3.8) is 0 Å². The average molecular weight is 958 g/mol. The van der Waals surface area contributed by atoms with Crippen molar-refractivity contribution in [1.29, 1.82) is 0 Å². The van der Waals surface area contributed by atoms with Crippen LogP contribution in [0, 0.1) is 0 Å². The lowest BCUT2D eigenvalue weighted by molar-refractivity contribution is -0.138. The summed E-state index contributed by atoms with van der Waals surface area (Å²) in [5.74, 6) is 0.137. The van der Waals surface area contributed by atoms with Crippen LogP contribution >= 0.6 is 11.8 Å². The van der Waals surface area contributed by atoms with Gasteiger partial charge in [0.1, 0.15) is 23.9 Å². The smallest absolute Gasteiger partial charge is 0.416 e. The molecule has 0 aliphatic heterocycles. The third kappa shape index (κ3) is 11.3. The molecule has 0 aliphatic carbocycles. The molecule has 3 heterocycles. The van der Waals surface area contributed by atoms with E-state index in [-0.39, 0.29) is 18.7 Å². The minimum Gasteiger partial charge on any atom is -0.483 e. The number of alkyl halides is 3. The first-order chi connectivity index (χ1) is 33.3. The number of ether oxygens (including phenoxy) is 2. The standard InChI is InChI=1S/C50H46F3N9O6S/c1-4-9-43-54-42(45(49(66)67-5-2)62(43)27-32-14-18-33(19-15-32)38-12-6-7-13-39(38)47-57-59-60-58-47)29-69-37-22-23-40-41(25-37)56-46(55-40)30(3)68-36-20-16-31(17-21-36)26-61(28-44(63)64)48(65)34-10-8-11-35(24-34)50(51,52)53/h6-8,10-25,30H,4-5,9,26-29H2,1-3H3,(H,55,56)(H,63,64)(H,57,58,59,60). The maximum absolute atomic E-state index is 13.7. The molecule has 3 aromatic heterocycles. The van der Waals surface area contributed by atoms with E-state index in [0.717, 1.165) is 67.5 Å². The highest BCUT2D eigenvalue weighted by Gasteiger charge is 2.32. The number of H-pyrrole nitrogens is 2. The lowest BCUT2D eigenvalue weighted by atomic mass is 9.98. The molecule has 0 aliphatic rings. The van der Waals surface area contributed by atoms with Crippen LogP contribution in [-0.4, -0.2) is 81.1 Å². The van der Waals surface area contributed by atoms with Crippen molar-refractivity contribution < 1.29 is 42.1 Å². The zero-order valence-electron chi connectivity index (χ0n) is 37.7. The number of fused-ring (bicyclic) bond motifs is 1. The van der Waals surface area contributed by atoms with E-state index in [2.05, 4.69) is 32.5 Å². The van der Waals surface area contributed by atoms with Crippen molar-refractivity contribution in [3.8, 4) is 28.3 Å². The highest BCUT2D eigenvalue weighted by molar-refractivity contribution is 7.98. The molecule has 1 amide bonds. The van der Waals surface area contributed by atoms with Crippen molar-refractivity contribution in [2.24, 2.45) is 0 Å². The zero-order valence-corrected chi connectivity index (χ0v) is 38.5. The van der Waals surface area contributed by atoms with Gasteiger partial charge in [-0.05, 0) is 96.3 Å². The molecule has 0 fully saturated rings. The maximum Gasteiger partial charge on any atom is 0.416 e. The van der Waals surface area contributed by atoms with Gasteiger partial charge in [-0.25, -0.2) is 14.8 Å². The number of rotatable bonds is 19. The molecule has 0 spiro atoms. The van der Waals surface area contributed by atoms with Gasteiger partial charge in [-0.1, -0.05) is 73.7 Å². The van der Waals surface area contributed by atoms with Gasteiger partial charge in [0.15, 0.2) is 11.8 Å². The Morgan fingerprint density at radius 2 is 1.64 bits per heavy atom. The fourth-order valence-corrected chi connectivity index (χ4v) is 8.69. The largest absolute Gasteiger partial charge is 0.483 e. The maximum atomic E-state index is 13.7. The Kier molecular flexibility index (Phi) is 14.5. The van der Waals surface area contributed by atoms with E-state index in [4.69, 9.17) is 19.4 Å². The Hall–Kier alpha value is -7.80. The molecule has 19 heteroatoms. The number of aryl methyl sites for hydroxylation is 1. The molecule has 0 bridgehead atoms. The number of carbonyl (C=O) groups is 3. The first-order valence-electron chi connectivity index (χ1n) is 22.0. The highest BCUT2D eigenvalue weighted by atomic mass is 32.2. The minimum atomic E-state index is -4.67. The quantitative estimate of drug-likeness (QED) is 0.0514. The van der Waals surface area contributed by atoms with Crippen molar-refractivity contribution in [1.82, 2.24) is 45.0 Å². The molecule has 0 radical (unpaired) electrons. The summed E-state index contributed by atoms with van der Waals surface area (Å²) in [6.45, 7) is 5.44. The molecule has 0 saturated heterocycles. The minimum absolute atomic E-state index is 0.163. The summed E-state index contributed by atoms with van der Waals surface area (Å²) >= 11 is 1.53. The molecule has 69 heavy (non-hydrogen) atoms. The molecule has 8 aromatic rings. The van der Waals surface area contributed by atoms with Crippen LogP contribution < -0.4 is 4.74 Å². The number of thioether (sulfide) groups is 1. The van der Waals surface area contributed by atoms with E-state index < -0.39 is 42.2 Å². The normalized spacial score (nSPS) is 12.0. The summed E-state index contributed by atoms with van der Waals surface area (Å²) < 4.78 is 53.7. The molecular formula is C50H46F3N9O6S. The number of nitrogens with zero attached hydrogens (tertiary/aromatic N) is 7. The SMILES string of the molecule is CCCc1nc(CSc2ccc3nc(C(C)Oc4ccc(CN(CC(=O)O)C(=O)c5cccc(C(F)(F)F)c5)cc4)[nH]c3c2)c(C(=O)OCC)n1Cc1ccc(-c2ccccc2-c2nn[nH]n2)cc1. The number of hydrogen-bond acceptors (Lipinski definition) is 11. The second-order valence-corrected chi connectivity index (χ2v) is 17.0. The van der Waals surface area contributed by atoms with Crippen LogP contribution in [0.15, 0.2) is 120 Å². The van der Waals surface area contributed by atoms with Crippen LogP contribution in [0.25, 0.3) is 33.5 Å². The van der Waals surface area contributed by atoms with Gasteiger partial charge in [0.2, 0.25) is 5.82 Å². The third-order valence-corrected chi connectivity index (χ3v) is 12.1. The van der Waals surface area contributed by atoms with Crippen LogP contribution in [0.3, 0.4) is 0 Å². The molecule has 3 N–H and O–H groups in total. The van der Waals surface area contributed by atoms with Gasteiger partial charge in [-0.3, -0.25) is 9.59 Å². The van der Waals surface area contributed by atoms with E-state index in [1.54, 1.807) is 31.2 Å². The molecule has 0 saturated carbocycles. The first-order valence-corrected chi connectivity index (χ1v) is 23.0. The Balaban J connectivity index is 0.941. The summed E-state index contributed by atoms with van der Waals surface area (Å²) in [6, 6.07) is 32.4. The molecule has 354 valence electrons. The summed E-state index contributed by atoms with van der Waals surface area (Å²) in [5, 5.41) is 24.0. The molecular weight excluding hydrogens is 912 g/mol. The number of aromatic nitrogens is 8. The third-order valence-electron chi connectivity index (χ3n) is 11.1. The Bertz CT molecular complexity index is 3080. The van der Waals surface area contributed by atoms with Crippen LogP contribution in [-0.2, 0) is 41.0 Å². The molecule has 1 atom stereocenters. The van der Waals surface area contributed by atoms with Crippen LogP contribution in [0.5, 0.6) is 5.75 Å². The second kappa shape index (κ2) is 21.0. The van der Waals surface area contributed by atoms with E-state index in [9.17, 15) is 32.7 Å². The number of benzene rings is 5.